The van der Waals surface area contributed by atoms with E-state index in [1.54, 1.807) is 18.2 Å². The average Bonchev–Trinajstić information content (AvgIpc) is 2.89. The molecule has 5 nitrogen and oxygen atoms in total. The van der Waals surface area contributed by atoms with Crippen LogP contribution in [0.15, 0.2) is 53.4 Å². The Morgan fingerprint density at radius 3 is 2.45 bits per heavy atom. The van der Waals surface area contributed by atoms with Crippen molar-refractivity contribution in [2.75, 3.05) is 11.9 Å². The summed E-state index contributed by atoms with van der Waals surface area (Å²) in [6, 6.07) is 11.3. The molecule has 2 aromatic rings. The van der Waals surface area contributed by atoms with Crippen molar-refractivity contribution in [1.82, 2.24) is 4.90 Å². The van der Waals surface area contributed by atoms with Gasteiger partial charge >= 0.3 is 6.18 Å². The van der Waals surface area contributed by atoms with Crippen molar-refractivity contribution in [3.63, 3.8) is 0 Å². The lowest BCUT2D eigenvalue weighted by molar-refractivity contribution is -0.137. The van der Waals surface area contributed by atoms with Crippen LogP contribution in [-0.2, 0) is 15.8 Å². The van der Waals surface area contributed by atoms with Gasteiger partial charge in [0.15, 0.2) is 0 Å². The fourth-order valence-corrected chi connectivity index (χ4v) is 3.46. The summed E-state index contributed by atoms with van der Waals surface area (Å²) in [5.41, 5.74) is 1.01. The molecule has 1 aliphatic rings. The van der Waals surface area contributed by atoms with Gasteiger partial charge in [0.2, 0.25) is 5.91 Å². The van der Waals surface area contributed by atoms with Gasteiger partial charge < -0.3 is 5.32 Å². The predicted molar refractivity (Wildman–Crippen MR) is 104 cm³/mol. The van der Waals surface area contributed by atoms with Crippen LogP contribution < -0.4 is 5.32 Å². The second kappa shape index (κ2) is 8.12. The molecule has 0 aliphatic carbocycles. The van der Waals surface area contributed by atoms with E-state index >= 15 is 0 Å². The van der Waals surface area contributed by atoms with E-state index in [-0.39, 0.29) is 4.91 Å². The number of benzene rings is 2. The van der Waals surface area contributed by atoms with Crippen molar-refractivity contribution in [1.29, 1.82) is 0 Å². The topological polar surface area (TPSA) is 66.5 Å². The summed E-state index contributed by atoms with van der Waals surface area (Å²) in [6.07, 6.45) is -3.13. The predicted octanol–water partition coefficient (Wildman–Crippen LogP) is 4.69. The van der Waals surface area contributed by atoms with Crippen LogP contribution in [0.1, 0.15) is 16.7 Å². The number of hydrogen-bond acceptors (Lipinski definition) is 4. The number of carbonyl (C=O) groups is 3. The molecule has 1 saturated heterocycles. The first-order valence-corrected chi connectivity index (χ1v) is 9.24. The molecule has 0 bridgehead atoms. The van der Waals surface area contributed by atoms with Crippen molar-refractivity contribution in [3.8, 4) is 0 Å². The van der Waals surface area contributed by atoms with Gasteiger partial charge in [0.1, 0.15) is 6.54 Å². The summed E-state index contributed by atoms with van der Waals surface area (Å²) >= 11 is 0.633. The molecule has 3 amide bonds. The maximum absolute atomic E-state index is 12.6. The Hall–Kier alpha value is -3.07. The van der Waals surface area contributed by atoms with Crippen LogP contribution in [-0.4, -0.2) is 28.5 Å². The highest BCUT2D eigenvalue weighted by molar-refractivity contribution is 8.18. The number of carbonyl (C=O) groups excluding carboxylic acids is 3. The van der Waals surface area contributed by atoms with E-state index in [4.69, 9.17) is 0 Å². The highest BCUT2D eigenvalue weighted by Crippen LogP contribution is 2.33. The second-order valence-corrected chi connectivity index (χ2v) is 7.30. The molecule has 3 rings (SSSR count). The number of rotatable bonds is 4. The summed E-state index contributed by atoms with van der Waals surface area (Å²) in [6.45, 7) is 1.40. The zero-order valence-electron chi connectivity index (χ0n) is 15.1. The third kappa shape index (κ3) is 5.05. The Labute approximate surface area is 168 Å². The largest absolute Gasteiger partial charge is 0.416 e. The Morgan fingerprint density at radius 2 is 1.83 bits per heavy atom. The number of nitrogens with zero attached hydrogens (tertiary/aromatic N) is 1. The number of halogens is 3. The zero-order valence-corrected chi connectivity index (χ0v) is 15.9. The van der Waals surface area contributed by atoms with Crippen LogP contribution in [0.5, 0.6) is 0 Å². The number of aryl methyl sites for hydroxylation is 1. The summed E-state index contributed by atoms with van der Waals surface area (Å²) in [5.74, 6) is -1.20. The SMILES string of the molecule is Cc1cccc(NC(=O)CN2C(=O)S/C(=C\c3ccc(C(F)(F)F)cc3)C2=O)c1. The minimum Gasteiger partial charge on any atom is -0.325 e. The normalized spacial score (nSPS) is 15.9. The Balaban J connectivity index is 1.69. The van der Waals surface area contributed by atoms with Gasteiger partial charge in [0.05, 0.1) is 10.5 Å². The Morgan fingerprint density at radius 1 is 1.14 bits per heavy atom. The van der Waals surface area contributed by atoms with Crippen molar-refractivity contribution in [2.24, 2.45) is 0 Å². The fraction of sp³-hybridized carbons (Fsp3) is 0.150. The van der Waals surface area contributed by atoms with Crippen LogP contribution in [0.2, 0.25) is 0 Å². The van der Waals surface area contributed by atoms with Gasteiger partial charge in [-0.15, -0.1) is 0 Å². The minimum atomic E-state index is -4.46. The van der Waals surface area contributed by atoms with E-state index in [2.05, 4.69) is 5.32 Å². The summed E-state index contributed by atoms with van der Waals surface area (Å²) in [7, 11) is 0. The number of imide groups is 1. The molecule has 0 saturated carbocycles. The maximum Gasteiger partial charge on any atom is 0.416 e. The van der Waals surface area contributed by atoms with Gasteiger partial charge in [0, 0.05) is 5.69 Å². The van der Waals surface area contributed by atoms with Crippen molar-refractivity contribution in [2.45, 2.75) is 13.1 Å². The number of alkyl halides is 3. The lowest BCUT2D eigenvalue weighted by Gasteiger charge is -2.12. The molecule has 150 valence electrons. The van der Waals surface area contributed by atoms with E-state index in [1.165, 1.54) is 18.2 Å². The minimum absolute atomic E-state index is 0.0399. The highest BCUT2D eigenvalue weighted by atomic mass is 32.2. The van der Waals surface area contributed by atoms with Gasteiger partial charge in [-0.05, 0) is 60.2 Å². The quantitative estimate of drug-likeness (QED) is 0.729. The first-order chi connectivity index (χ1) is 13.6. The lowest BCUT2D eigenvalue weighted by atomic mass is 10.1. The van der Waals surface area contributed by atoms with Crippen molar-refractivity contribution >= 4 is 40.6 Å². The summed E-state index contributed by atoms with van der Waals surface area (Å²) < 4.78 is 37.9. The van der Waals surface area contributed by atoms with Gasteiger partial charge in [-0.3, -0.25) is 19.3 Å². The van der Waals surface area contributed by atoms with E-state index in [0.29, 0.717) is 23.0 Å². The number of nitrogens with one attached hydrogen (secondary N) is 1. The molecule has 1 heterocycles. The van der Waals surface area contributed by atoms with Gasteiger partial charge in [0.25, 0.3) is 11.1 Å². The number of hydrogen-bond donors (Lipinski definition) is 1. The summed E-state index contributed by atoms with van der Waals surface area (Å²) in [4.78, 5) is 37.6. The van der Waals surface area contributed by atoms with E-state index in [0.717, 1.165) is 22.6 Å². The molecule has 0 unspecified atom stereocenters. The molecule has 29 heavy (non-hydrogen) atoms. The Kier molecular flexibility index (Phi) is 5.78. The lowest BCUT2D eigenvalue weighted by Crippen LogP contribution is -2.36. The Bertz CT molecular complexity index is 1000. The molecular weight excluding hydrogens is 405 g/mol. The summed E-state index contributed by atoms with van der Waals surface area (Å²) in [5, 5.41) is 2.00. The van der Waals surface area contributed by atoms with Gasteiger partial charge in [-0.1, -0.05) is 24.3 Å². The molecule has 2 aromatic carbocycles. The zero-order chi connectivity index (χ0) is 21.2. The maximum atomic E-state index is 12.6. The highest BCUT2D eigenvalue weighted by Gasteiger charge is 2.36. The molecule has 1 N–H and O–H groups in total. The molecule has 1 aliphatic heterocycles. The molecular formula is C20H15F3N2O3S. The van der Waals surface area contributed by atoms with Crippen molar-refractivity contribution in [3.05, 3.63) is 70.1 Å². The van der Waals surface area contributed by atoms with Gasteiger partial charge in [-0.25, -0.2) is 0 Å². The first-order valence-electron chi connectivity index (χ1n) is 8.42. The smallest absolute Gasteiger partial charge is 0.325 e. The molecule has 0 atom stereocenters. The second-order valence-electron chi connectivity index (χ2n) is 6.31. The molecule has 0 radical (unpaired) electrons. The van der Waals surface area contributed by atoms with Crippen LogP contribution in [0.25, 0.3) is 6.08 Å². The number of thioether (sulfide) groups is 1. The molecule has 0 aromatic heterocycles. The van der Waals surface area contributed by atoms with Crippen molar-refractivity contribution < 1.29 is 27.6 Å². The van der Waals surface area contributed by atoms with Crippen LogP contribution in [0.4, 0.5) is 23.7 Å². The van der Waals surface area contributed by atoms with E-state index in [9.17, 15) is 27.6 Å². The molecule has 1 fully saturated rings. The van der Waals surface area contributed by atoms with Crippen LogP contribution >= 0.6 is 11.8 Å². The van der Waals surface area contributed by atoms with E-state index < -0.39 is 35.3 Å². The number of amides is 3. The third-order valence-electron chi connectivity index (χ3n) is 4.01. The first kappa shape index (κ1) is 20.7. The monoisotopic (exact) mass is 420 g/mol. The molecule has 9 heteroatoms. The fourth-order valence-electron chi connectivity index (χ4n) is 2.62. The van der Waals surface area contributed by atoms with Gasteiger partial charge in [-0.2, -0.15) is 13.2 Å². The standard InChI is InChI=1S/C20H15F3N2O3S/c1-12-3-2-4-15(9-12)24-17(26)11-25-18(27)16(29-19(25)28)10-13-5-7-14(8-6-13)20(21,22)23/h2-10H,11H2,1H3,(H,24,26)/b16-10-. The van der Waals surface area contributed by atoms with Crippen LogP contribution in [0.3, 0.4) is 0 Å². The number of anilines is 1. The third-order valence-corrected chi connectivity index (χ3v) is 4.92. The van der Waals surface area contributed by atoms with Crippen LogP contribution in [0, 0.1) is 6.92 Å². The molecule has 0 spiro atoms. The van der Waals surface area contributed by atoms with E-state index in [1.807, 2.05) is 13.0 Å². The average molecular weight is 420 g/mol.